The lowest BCUT2D eigenvalue weighted by molar-refractivity contribution is 0.459. The summed E-state index contributed by atoms with van der Waals surface area (Å²) in [6.07, 6.45) is 6.57. The van der Waals surface area contributed by atoms with E-state index in [1.807, 2.05) is 24.0 Å². The van der Waals surface area contributed by atoms with Gasteiger partial charge >= 0.3 is 0 Å². The highest BCUT2D eigenvalue weighted by atomic mass is 32.2. The van der Waals surface area contributed by atoms with Crippen molar-refractivity contribution < 1.29 is 0 Å². The number of hydrogen-bond acceptors (Lipinski definition) is 4. The Morgan fingerprint density at radius 1 is 1.14 bits per heavy atom. The molecule has 2 aliphatic rings. The van der Waals surface area contributed by atoms with Crippen LogP contribution in [0.1, 0.15) is 32.6 Å². The molecule has 4 rings (SSSR count). The van der Waals surface area contributed by atoms with Crippen LogP contribution in [0.3, 0.4) is 0 Å². The molecule has 29 heavy (non-hydrogen) atoms. The van der Waals surface area contributed by atoms with Crippen LogP contribution in [0.2, 0.25) is 0 Å². The summed E-state index contributed by atoms with van der Waals surface area (Å²) in [6.45, 7) is 5.95. The third kappa shape index (κ3) is 5.66. The van der Waals surface area contributed by atoms with Crippen molar-refractivity contribution in [1.29, 1.82) is 0 Å². The molecule has 0 radical (unpaired) electrons. The Kier molecular flexibility index (Phi) is 6.60. The van der Waals surface area contributed by atoms with Crippen molar-refractivity contribution in [3.05, 3.63) is 54.7 Å². The Balaban J connectivity index is 1.30. The largest absolute Gasteiger partial charge is 0.357 e. The van der Waals surface area contributed by atoms with E-state index in [1.54, 1.807) is 0 Å². The molecule has 1 aliphatic carbocycles. The number of rotatable bonds is 7. The van der Waals surface area contributed by atoms with E-state index in [0.29, 0.717) is 6.04 Å². The van der Waals surface area contributed by atoms with Crippen molar-refractivity contribution in [3.63, 3.8) is 0 Å². The van der Waals surface area contributed by atoms with Gasteiger partial charge in [-0.05, 0) is 56.9 Å². The molecule has 1 aliphatic heterocycles. The first kappa shape index (κ1) is 20.1. The van der Waals surface area contributed by atoms with Gasteiger partial charge in [-0.1, -0.05) is 24.3 Å². The second kappa shape index (κ2) is 9.53. The monoisotopic (exact) mass is 409 g/mol. The Labute approximate surface area is 178 Å². The number of benzene rings is 1. The molecule has 6 heteroatoms. The highest BCUT2D eigenvalue weighted by molar-refractivity contribution is 8.01. The number of hydrogen-bond donors (Lipinski definition) is 2. The Bertz CT molecular complexity index is 783. The van der Waals surface area contributed by atoms with Crippen molar-refractivity contribution in [3.8, 4) is 0 Å². The summed E-state index contributed by atoms with van der Waals surface area (Å²) in [4.78, 5) is 13.2. The van der Waals surface area contributed by atoms with Gasteiger partial charge in [-0.15, -0.1) is 11.8 Å². The number of aliphatic imine (C=N–C) groups is 1. The SMILES string of the molecule is CCNC(=NCC1(Sc2ccccc2)CC1)NC1CCN(c2ccccn2)CC1. The number of nitrogens with zero attached hydrogens (tertiary/aromatic N) is 3. The van der Waals surface area contributed by atoms with Crippen molar-refractivity contribution in [2.24, 2.45) is 4.99 Å². The van der Waals surface area contributed by atoms with E-state index in [2.05, 4.69) is 69.9 Å². The third-order valence-electron chi connectivity index (χ3n) is 5.56. The van der Waals surface area contributed by atoms with Crippen LogP contribution in [0.5, 0.6) is 0 Å². The first-order valence-electron chi connectivity index (χ1n) is 10.7. The van der Waals surface area contributed by atoms with E-state index in [4.69, 9.17) is 4.99 Å². The van der Waals surface area contributed by atoms with E-state index in [-0.39, 0.29) is 4.75 Å². The normalized spacial score (nSPS) is 19.1. The molecule has 0 spiro atoms. The van der Waals surface area contributed by atoms with Gasteiger partial charge in [0.05, 0.1) is 6.54 Å². The van der Waals surface area contributed by atoms with Gasteiger partial charge in [0.1, 0.15) is 5.82 Å². The summed E-state index contributed by atoms with van der Waals surface area (Å²) in [7, 11) is 0. The summed E-state index contributed by atoms with van der Waals surface area (Å²) in [5.74, 6) is 2.05. The molecule has 0 atom stereocenters. The molecule has 0 unspecified atom stereocenters. The van der Waals surface area contributed by atoms with Crippen LogP contribution in [0.25, 0.3) is 0 Å². The van der Waals surface area contributed by atoms with Gasteiger partial charge in [-0.3, -0.25) is 4.99 Å². The molecule has 2 heterocycles. The predicted molar refractivity (Wildman–Crippen MR) is 123 cm³/mol. The minimum atomic E-state index is 0.284. The molecule has 0 bridgehead atoms. The van der Waals surface area contributed by atoms with E-state index in [1.165, 1.54) is 17.7 Å². The topological polar surface area (TPSA) is 52.6 Å². The molecule has 1 aromatic carbocycles. The van der Waals surface area contributed by atoms with Crippen LogP contribution in [0, 0.1) is 0 Å². The lowest BCUT2D eigenvalue weighted by Gasteiger charge is -2.33. The zero-order chi connectivity index (χ0) is 19.9. The summed E-state index contributed by atoms with van der Waals surface area (Å²) in [5, 5.41) is 7.12. The summed E-state index contributed by atoms with van der Waals surface area (Å²) in [5.41, 5.74) is 0. The zero-order valence-corrected chi connectivity index (χ0v) is 18.0. The maximum Gasteiger partial charge on any atom is 0.191 e. The molecule has 0 amide bonds. The number of aromatic nitrogens is 1. The summed E-state index contributed by atoms with van der Waals surface area (Å²) >= 11 is 1.98. The molecular formula is C23H31N5S. The first-order chi connectivity index (χ1) is 14.3. The number of nitrogens with one attached hydrogen (secondary N) is 2. The minimum absolute atomic E-state index is 0.284. The number of thioether (sulfide) groups is 1. The Morgan fingerprint density at radius 3 is 2.55 bits per heavy atom. The van der Waals surface area contributed by atoms with Crippen molar-refractivity contribution in [2.45, 2.75) is 48.3 Å². The Morgan fingerprint density at radius 2 is 1.90 bits per heavy atom. The number of piperidine rings is 1. The van der Waals surface area contributed by atoms with Crippen molar-refractivity contribution >= 4 is 23.5 Å². The highest BCUT2D eigenvalue weighted by Crippen LogP contribution is 2.51. The lowest BCUT2D eigenvalue weighted by atomic mass is 10.1. The quantitative estimate of drug-likeness (QED) is 0.536. The number of pyridine rings is 1. The van der Waals surface area contributed by atoms with E-state index < -0.39 is 0 Å². The number of guanidine groups is 1. The van der Waals surface area contributed by atoms with Crippen molar-refractivity contribution in [2.75, 3.05) is 31.1 Å². The van der Waals surface area contributed by atoms with Crippen LogP contribution < -0.4 is 15.5 Å². The van der Waals surface area contributed by atoms with Crippen LogP contribution in [-0.4, -0.2) is 47.9 Å². The molecule has 1 saturated heterocycles. The van der Waals surface area contributed by atoms with Gasteiger partial charge in [0.2, 0.25) is 0 Å². The van der Waals surface area contributed by atoms with Crippen LogP contribution in [-0.2, 0) is 0 Å². The molecule has 1 aromatic heterocycles. The van der Waals surface area contributed by atoms with Crippen LogP contribution in [0.4, 0.5) is 5.82 Å². The van der Waals surface area contributed by atoms with Crippen molar-refractivity contribution in [1.82, 2.24) is 15.6 Å². The Hall–Kier alpha value is -2.21. The summed E-state index contributed by atoms with van der Waals surface area (Å²) in [6, 6.07) is 17.3. The fraction of sp³-hybridized carbons (Fsp3) is 0.478. The summed E-state index contributed by atoms with van der Waals surface area (Å²) < 4.78 is 0.284. The number of anilines is 1. The second-order valence-electron chi connectivity index (χ2n) is 7.89. The van der Waals surface area contributed by atoms with E-state index in [9.17, 15) is 0 Å². The molecule has 154 valence electrons. The van der Waals surface area contributed by atoms with Gasteiger partial charge in [0, 0.05) is 41.5 Å². The third-order valence-corrected chi connectivity index (χ3v) is 7.04. The zero-order valence-electron chi connectivity index (χ0n) is 17.2. The van der Waals surface area contributed by atoms with E-state index >= 15 is 0 Å². The molecule has 2 aromatic rings. The average molecular weight is 410 g/mol. The average Bonchev–Trinajstić information content (AvgIpc) is 3.54. The van der Waals surface area contributed by atoms with Gasteiger partial charge < -0.3 is 15.5 Å². The van der Waals surface area contributed by atoms with Gasteiger partial charge in [0.25, 0.3) is 0 Å². The molecule has 5 nitrogen and oxygen atoms in total. The predicted octanol–water partition coefficient (Wildman–Crippen LogP) is 3.93. The smallest absolute Gasteiger partial charge is 0.191 e. The van der Waals surface area contributed by atoms with Gasteiger partial charge in [-0.2, -0.15) is 0 Å². The molecular weight excluding hydrogens is 378 g/mol. The maximum absolute atomic E-state index is 4.96. The van der Waals surface area contributed by atoms with Gasteiger partial charge in [0.15, 0.2) is 5.96 Å². The fourth-order valence-electron chi connectivity index (χ4n) is 3.70. The van der Waals surface area contributed by atoms with Gasteiger partial charge in [-0.25, -0.2) is 4.98 Å². The molecule has 1 saturated carbocycles. The fourth-order valence-corrected chi connectivity index (χ4v) is 4.93. The second-order valence-corrected chi connectivity index (χ2v) is 9.43. The van der Waals surface area contributed by atoms with Crippen LogP contribution in [0.15, 0.2) is 64.6 Å². The molecule has 2 N–H and O–H groups in total. The minimum Gasteiger partial charge on any atom is -0.357 e. The highest BCUT2D eigenvalue weighted by Gasteiger charge is 2.43. The van der Waals surface area contributed by atoms with Crippen LogP contribution >= 0.6 is 11.8 Å². The molecule has 2 fully saturated rings. The first-order valence-corrected chi connectivity index (χ1v) is 11.5. The maximum atomic E-state index is 4.96. The van der Waals surface area contributed by atoms with E-state index in [0.717, 1.165) is 50.8 Å². The standard InChI is InChI=1S/C23H31N5S/c1-2-24-22(26-18-23(13-14-23)29-20-8-4-3-5-9-20)27-19-11-16-28(17-12-19)21-10-6-7-15-25-21/h3-10,15,19H,2,11-14,16-18H2,1H3,(H2,24,26,27). The lowest BCUT2D eigenvalue weighted by Crippen LogP contribution is -2.49.